The van der Waals surface area contributed by atoms with Gasteiger partial charge in [0.05, 0.1) is 26.1 Å². The summed E-state index contributed by atoms with van der Waals surface area (Å²) in [4.78, 5) is 11.3. The van der Waals surface area contributed by atoms with E-state index >= 15 is 0 Å². The first kappa shape index (κ1) is 12.3. The van der Waals surface area contributed by atoms with Crippen molar-refractivity contribution in [2.75, 3.05) is 13.6 Å². The molecule has 2 nitrogen and oxygen atoms in total. The lowest BCUT2D eigenvalue weighted by atomic mass is 10.1. The van der Waals surface area contributed by atoms with Crippen LogP contribution in [0.1, 0.15) is 31.7 Å². The van der Waals surface area contributed by atoms with Crippen molar-refractivity contribution in [3.63, 3.8) is 0 Å². The van der Waals surface area contributed by atoms with Gasteiger partial charge in [-0.3, -0.25) is 4.79 Å². The number of quaternary nitrogens is 1. The largest absolute Gasteiger partial charge is 0.319 e. The average Bonchev–Trinajstić information content (AvgIpc) is 2.61. The third-order valence-electron chi connectivity index (χ3n) is 4.00. The average molecular weight is 232 g/mol. The lowest BCUT2D eigenvalue weighted by Gasteiger charge is -2.36. The van der Waals surface area contributed by atoms with Gasteiger partial charge in [-0.1, -0.05) is 30.3 Å². The molecule has 0 amide bonds. The zero-order valence-electron chi connectivity index (χ0n) is 10.9. The Balaban J connectivity index is 2.09. The number of hydrogen-bond acceptors (Lipinski definition) is 1. The molecular weight excluding hydrogens is 210 g/mol. The second-order valence-electron chi connectivity index (χ2n) is 5.55. The first-order valence-electron chi connectivity index (χ1n) is 6.48. The monoisotopic (exact) mass is 232 g/mol. The number of likely N-dealkylation sites (tertiary alicyclic amines) is 1. The molecule has 0 bridgehead atoms. The summed E-state index contributed by atoms with van der Waals surface area (Å²) in [5.74, 6) is 0.328. The number of hydrogen-bond donors (Lipinski definition) is 0. The molecule has 0 aromatic heterocycles. The van der Waals surface area contributed by atoms with E-state index in [1.165, 1.54) is 24.9 Å². The molecule has 0 saturated carbocycles. The second kappa shape index (κ2) is 5.01. The third kappa shape index (κ3) is 2.95. The van der Waals surface area contributed by atoms with Crippen molar-refractivity contribution in [3.8, 4) is 0 Å². The number of nitrogens with zero attached hydrogens (tertiary/aromatic N) is 1. The van der Waals surface area contributed by atoms with Crippen molar-refractivity contribution >= 4 is 5.78 Å². The molecule has 1 aliphatic heterocycles. The van der Waals surface area contributed by atoms with Crippen molar-refractivity contribution in [2.24, 2.45) is 0 Å². The number of carbonyl (C=O) groups excluding carboxylic acids is 1. The highest BCUT2D eigenvalue weighted by molar-refractivity contribution is 5.75. The number of rotatable bonds is 4. The van der Waals surface area contributed by atoms with E-state index in [1.54, 1.807) is 6.92 Å². The van der Waals surface area contributed by atoms with Crippen LogP contribution in [0.2, 0.25) is 0 Å². The Kier molecular flexibility index (Phi) is 3.63. The standard InChI is InChI=1S/C15H22NO/c1-13(17)11-15-9-6-10-16(15,2)12-14-7-4-3-5-8-14/h3-5,7-8,15H,6,9-12H2,1-2H3/q+1/t15-,16?/m0/s1. The Hall–Kier alpha value is -1.15. The van der Waals surface area contributed by atoms with Crippen molar-refractivity contribution in [1.29, 1.82) is 0 Å². The van der Waals surface area contributed by atoms with Crippen molar-refractivity contribution < 1.29 is 9.28 Å². The molecule has 1 unspecified atom stereocenters. The summed E-state index contributed by atoms with van der Waals surface area (Å²) in [5, 5.41) is 0. The summed E-state index contributed by atoms with van der Waals surface area (Å²) >= 11 is 0. The van der Waals surface area contributed by atoms with E-state index in [1.807, 2.05) is 0 Å². The topological polar surface area (TPSA) is 17.1 Å². The molecule has 2 rings (SSSR count). The van der Waals surface area contributed by atoms with Crippen molar-refractivity contribution in [1.82, 2.24) is 0 Å². The van der Waals surface area contributed by atoms with Gasteiger partial charge in [0.25, 0.3) is 0 Å². The van der Waals surface area contributed by atoms with Crippen molar-refractivity contribution in [3.05, 3.63) is 35.9 Å². The maximum Gasteiger partial charge on any atom is 0.135 e. The summed E-state index contributed by atoms with van der Waals surface area (Å²) in [6.07, 6.45) is 3.19. The Morgan fingerprint density at radius 1 is 1.35 bits per heavy atom. The SMILES string of the molecule is CC(=O)C[C@@H]1CCC[N+]1(C)Cc1ccccc1. The predicted octanol–water partition coefficient (Wildman–Crippen LogP) is 2.77. The lowest BCUT2D eigenvalue weighted by Crippen LogP contribution is -2.47. The van der Waals surface area contributed by atoms with Gasteiger partial charge in [0.15, 0.2) is 0 Å². The van der Waals surface area contributed by atoms with Crippen LogP contribution in [0.5, 0.6) is 0 Å². The molecule has 1 fully saturated rings. The van der Waals surface area contributed by atoms with E-state index < -0.39 is 0 Å². The maximum absolute atomic E-state index is 11.3. The van der Waals surface area contributed by atoms with Crippen molar-refractivity contribution in [2.45, 2.75) is 38.8 Å². The Bertz CT molecular complexity index is 387. The van der Waals surface area contributed by atoms with E-state index in [9.17, 15) is 4.79 Å². The first-order chi connectivity index (χ1) is 8.10. The maximum atomic E-state index is 11.3. The van der Waals surface area contributed by atoms with E-state index in [2.05, 4.69) is 37.4 Å². The quantitative estimate of drug-likeness (QED) is 0.730. The first-order valence-corrected chi connectivity index (χ1v) is 6.48. The minimum Gasteiger partial charge on any atom is -0.319 e. The molecule has 0 aliphatic carbocycles. The highest BCUT2D eigenvalue weighted by Gasteiger charge is 2.38. The summed E-state index contributed by atoms with van der Waals surface area (Å²) in [6, 6.07) is 11.1. The van der Waals surface area contributed by atoms with Crippen LogP contribution in [0.25, 0.3) is 0 Å². The molecular formula is C15H22NO+. The third-order valence-corrected chi connectivity index (χ3v) is 4.00. The molecule has 1 aromatic rings. The molecule has 2 atom stereocenters. The minimum absolute atomic E-state index is 0.328. The van der Waals surface area contributed by atoms with Crippen LogP contribution >= 0.6 is 0 Å². The van der Waals surface area contributed by atoms with Gasteiger partial charge in [0.1, 0.15) is 12.3 Å². The Labute approximate surface area is 104 Å². The van der Waals surface area contributed by atoms with Crippen LogP contribution in [-0.2, 0) is 11.3 Å². The number of carbonyl (C=O) groups is 1. The summed E-state index contributed by atoms with van der Waals surface area (Å²) in [7, 11) is 2.30. The molecule has 17 heavy (non-hydrogen) atoms. The van der Waals surface area contributed by atoms with Crippen LogP contribution in [0.15, 0.2) is 30.3 Å². The van der Waals surface area contributed by atoms with Gasteiger partial charge in [-0.15, -0.1) is 0 Å². The zero-order valence-corrected chi connectivity index (χ0v) is 10.9. The fraction of sp³-hybridized carbons (Fsp3) is 0.533. The fourth-order valence-corrected chi connectivity index (χ4v) is 3.05. The van der Waals surface area contributed by atoms with Gasteiger partial charge in [0, 0.05) is 18.4 Å². The summed E-state index contributed by atoms with van der Waals surface area (Å²) in [6.45, 7) is 3.97. The Morgan fingerprint density at radius 3 is 2.71 bits per heavy atom. The fourth-order valence-electron chi connectivity index (χ4n) is 3.05. The van der Waals surface area contributed by atoms with Gasteiger partial charge < -0.3 is 4.48 Å². The van der Waals surface area contributed by atoms with E-state index in [0.29, 0.717) is 11.8 Å². The Morgan fingerprint density at radius 2 is 2.06 bits per heavy atom. The van der Waals surface area contributed by atoms with Crippen LogP contribution in [-0.4, -0.2) is 29.9 Å². The molecule has 1 aromatic carbocycles. The van der Waals surface area contributed by atoms with E-state index in [0.717, 1.165) is 17.4 Å². The molecule has 0 spiro atoms. The van der Waals surface area contributed by atoms with Gasteiger partial charge >= 0.3 is 0 Å². The highest BCUT2D eigenvalue weighted by atomic mass is 16.1. The van der Waals surface area contributed by atoms with Gasteiger partial charge in [-0.05, 0) is 6.92 Å². The molecule has 1 saturated heterocycles. The zero-order chi connectivity index (χ0) is 12.3. The molecule has 1 aliphatic rings. The lowest BCUT2D eigenvalue weighted by molar-refractivity contribution is -0.933. The molecule has 2 heteroatoms. The summed E-state index contributed by atoms with van der Waals surface area (Å²) < 4.78 is 1.03. The number of Topliss-reactive ketones (excluding diaryl/α,β-unsaturated/α-hetero) is 1. The molecule has 1 heterocycles. The molecule has 92 valence electrons. The minimum atomic E-state index is 0.328. The van der Waals surface area contributed by atoms with Gasteiger partial charge in [0.2, 0.25) is 0 Å². The normalized spacial score (nSPS) is 28.2. The van der Waals surface area contributed by atoms with E-state index in [4.69, 9.17) is 0 Å². The van der Waals surface area contributed by atoms with Crippen LogP contribution in [0.4, 0.5) is 0 Å². The number of ketones is 1. The second-order valence-corrected chi connectivity index (χ2v) is 5.55. The van der Waals surface area contributed by atoms with Crippen LogP contribution < -0.4 is 0 Å². The number of benzene rings is 1. The van der Waals surface area contributed by atoms with Gasteiger partial charge in [-0.25, -0.2) is 0 Å². The van der Waals surface area contributed by atoms with Crippen LogP contribution in [0, 0.1) is 0 Å². The van der Waals surface area contributed by atoms with Crippen LogP contribution in [0.3, 0.4) is 0 Å². The predicted molar refractivity (Wildman–Crippen MR) is 69.5 cm³/mol. The van der Waals surface area contributed by atoms with E-state index in [-0.39, 0.29) is 0 Å². The summed E-state index contributed by atoms with van der Waals surface area (Å²) in [5.41, 5.74) is 1.38. The molecule has 0 N–H and O–H groups in total. The van der Waals surface area contributed by atoms with Gasteiger partial charge in [-0.2, -0.15) is 0 Å². The highest BCUT2D eigenvalue weighted by Crippen LogP contribution is 2.29. The smallest absolute Gasteiger partial charge is 0.135 e. The molecule has 0 radical (unpaired) electrons.